The lowest BCUT2D eigenvalue weighted by molar-refractivity contribution is 0.0505. The van der Waals surface area contributed by atoms with Crippen molar-refractivity contribution in [2.24, 2.45) is 0 Å². The minimum Gasteiger partial charge on any atom is -0.333 e. The first-order valence-electron chi connectivity index (χ1n) is 6.04. The molecule has 1 aromatic rings. The van der Waals surface area contributed by atoms with Gasteiger partial charge in [-0.3, -0.25) is 4.79 Å². The van der Waals surface area contributed by atoms with Gasteiger partial charge in [0.05, 0.1) is 5.56 Å². The molecular formula is C13H17FN2O. The zero-order chi connectivity index (χ0) is 12.4. The third-order valence-corrected chi connectivity index (χ3v) is 3.42. The fourth-order valence-corrected chi connectivity index (χ4v) is 2.51. The molecule has 0 unspecified atom stereocenters. The number of hydrogen-bond donors (Lipinski definition) is 0. The summed E-state index contributed by atoms with van der Waals surface area (Å²) in [6.07, 6.45) is 4.45. The Morgan fingerprint density at radius 2 is 2.06 bits per heavy atom. The van der Waals surface area contributed by atoms with E-state index in [1.165, 1.54) is 12.3 Å². The van der Waals surface area contributed by atoms with E-state index in [0.29, 0.717) is 0 Å². The number of likely N-dealkylation sites (tertiary alicyclic amines) is 1. The number of aromatic nitrogens is 1. The summed E-state index contributed by atoms with van der Waals surface area (Å²) in [5, 5.41) is 0. The van der Waals surface area contributed by atoms with Crippen LogP contribution in [0.25, 0.3) is 0 Å². The molecule has 0 N–H and O–H groups in total. The minimum atomic E-state index is -0.678. The summed E-state index contributed by atoms with van der Waals surface area (Å²) in [6.45, 7) is 4.03. The highest BCUT2D eigenvalue weighted by Gasteiger charge is 2.30. The summed E-state index contributed by atoms with van der Waals surface area (Å²) in [5.41, 5.74) is 0.0769. The maximum absolute atomic E-state index is 13.5. The van der Waals surface area contributed by atoms with Gasteiger partial charge in [0, 0.05) is 18.3 Å². The molecule has 1 amide bonds. The smallest absolute Gasteiger partial charge is 0.258 e. The van der Waals surface area contributed by atoms with Crippen LogP contribution in [-0.4, -0.2) is 27.9 Å². The van der Waals surface area contributed by atoms with Crippen molar-refractivity contribution in [1.82, 2.24) is 9.88 Å². The SMILES string of the molecule is C[C@@H]1CCC[C@H](C)N1C(=O)c1cccnc1F. The van der Waals surface area contributed by atoms with Crippen molar-refractivity contribution in [2.45, 2.75) is 45.2 Å². The van der Waals surface area contributed by atoms with Crippen LogP contribution in [0.4, 0.5) is 4.39 Å². The van der Waals surface area contributed by atoms with Gasteiger partial charge in [-0.2, -0.15) is 4.39 Å². The summed E-state index contributed by atoms with van der Waals surface area (Å²) in [7, 11) is 0. The van der Waals surface area contributed by atoms with Crippen LogP contribution in [0.3, 0.4) is 0 Å². The molecule has 1 aromatic heterocycles. The molecule has 2 rings (SSSR count). The van der Waals surface area contributed by atoms with Crippen LogP contribution in [0, 0.1) is 5.95 Å². The van der Waals surface area contributed by atoms with Crippen molar-refractivity contribution in [3.05, 3.63) is 29.8 Å². The molecule has 92 valence electrons. The van der Waals surface area contributed by atoms with Gasteiger partial charge >= 0.3 is 0 Å². The molecule has 1 saturated heterocycles. The molecular weight excluding hydrogens is 219 g/mol. The fraction of sp³-hybridized carbons (Fsp3) is 0.538. The maximum atomic E-state index is 13.5. The second-order valence-electron chi connectivity index (χ2n) is 4.68. The van der Waals surface area contributed by atoms with Gasteiger partial charge < -0.3 is 4.90 Å². The summed E-state index contributed by atoms with van der Waals surface area (Å²) in [6, 6.07) is 3.44. The van der Waals surface area contributed by atoms with Gasteiger partial charge in [-0.15, -0.1) is 0 Å². The summed E-state index contributed by atoms with van der Waals surface area (Å²) in [5.74, 6) is -0.919. The van der Waals surface area contributed by atoms with Crippen molar-refractivity contribution in [2.75, 3.05) is 0 Å². The van der Waals surface area contributed by atoms with Crippen LogP contribution >= 0.6 is 0 Å². The second kappa shape index (κ2) is 4.82. The zero-order valence-electron chi connectivity index (χ0n) is 10.2. The molecule has 0 spiro atoms. The topological polar surface area (TPSA) is 33.2 Å². The van der Waals surface area contributed by atoms with E-state index in [1.54, 1.807) is 11.0 Å². The van der Waals surface area contributed by atoms with E-state index in [4.69, 9.17) is 0 Å². The number of rotatable bonds is 1. The Kier molecular flexibility index (Phi) is 3.41. The molecule has 0 aromatic carbocycles. The molecule has 1 fully saturated rings. The van der Waals surface area contributed by atoms with Gasteiger partial charge in [0.25, 0.3) is 5.91 Å². The first-order valence-corrected chi connectivity index (χ1v) is 6.04. The van der Waals surface area contributed by atoms with E-state index in [9.17, 15) is 9.18 Å². The quantitative estimate of drug-likeness (QED) is 0.702. The number of amides is 1. The van der Waals surface area contributed by atoms with Crippen molar-refractivity contribution in [3.63, 3.8) is 0 Å². The number of hydrogen-bond acceptors (Lipinski definition) is 2. The average Bonchev–Trinajstić information content (AvgIpc) is 2.29. The summed E-state index contributed by atoms with van der Waals surface area (Å²) in [4.78, 5) is 17.6. The number of carbonyl (C=O) groups excluding carboxylic acids is 1. The van der Waals surface area contributed by atoms with Gasteiger partial charge in [0.1, 0.15) is 0 Å². The van der Waals surface area contributed by atoms with Crippen LogP contribution < -0.4 is 0 Å². The summed E-state index contributed by atoms with van der Waals surface area (Å²) >= 11 is 0. The molecule has 3 nitrogen and oxygen atoms in total. The molecule has 0 bridgehead atoms. The maximum Gasteiger partial charge on any atom is 0.258 e. The number of nitrogens with zero attached hydrogens (tertiary/aromatic N) is 2. The Labute approximate surface area is 101 Å². The predicted octanol–water partition coefficient (Wildman–Crippen LogP) is 2.62. The van der Waals surface area contributed by atoms with Crippen LogP contribution in [0.1, 0.15) is 43.5 Å². The standard InChI is InChI=1S/C13H17FN2O/c1-9-5-3-6-10(2)16(9)13(17)11-7-4-8-15-12(11)14/h4,7-10H,3,5-6H2,1-2H3/t9-,10+. The average molecular weight is 236 g/mol. The highest BCUT2D eigenvalue weighted by Crippen LogP contribution is 2.24. The molecule has 0 saturated carbocycles. The molecule has 4 heteroatoms. The van der Waals surface area contributed by atoms with Gasteiger partial charge in [-0.25, -0.2) is 4.98 Å². The Hall–Kier alpha value is -1.45. The first-order chi connectivity index (χ1) is 8.11. The largest absolute Gasteiger partial charge is 0.333 e. The lowest BCUT2D eigenvalue weighted by atomic mass is 9.96. The minimum absolute atomic E-state index is 0.0769. The number of halogens is 1. The molecule has 0 aliphatic carbocycles. The van der Waals surface area contributed by atoms with Gasteiger partial charge in [-0.1, -0.05) is 0 Å². The normalized spacial score (nSPS) is 24.8. The van der Waals surface area contributed by atoms with Crippen molar-refractivity contribution >= 4 is 5.91 Å². The lowest BCUT2D eigenvalue weighted by Crippen LogP contribution is -2.47. The number of carbonyl (C=O) groups is 1. The zero-order valence-corrected chi connectivity index (χ0v) is 10.2. The van der Waals surface area contributed by atoms with Crippen LogP contribution in [0.2, 0.25) is 0 Å². The van der Waals surface area contributed by atoms with Crippen molar-refractivity contribution < 1.29 is 9.18 Å². The van der Waals surface area contributed by atoms with Gasteiger partial charge in [-0.05, 0) is 45.2 Å². The first kappa shape index (κ1) is 12.0. The van der Waals surface area contributed by atoms with E-state index >= 15 is 0 Å². The van der Waals surface area contributed by atoms with Crippen molar-refractivity contribution in [1.29, 1.82) is 0 Å². The van der Waals surface area contributed by atoms with E-state index in [-0.39, 0.29) is 23.6 Å². The van der Waals surface area contributed by atoms with E-state index in [2.05, 4.69) is 4.98 Å². The molecule has 1 aliphatic rings. The van der Waals surface area contributed by atoms with Gasteiger partial charge in [0.2, 0.25) is 5.95 Å². The van der Waals surface area contributed by atoms with Gasteiger partial charge in [0.15, 0.2) is 0 Å². The third-order valence-electron chi connectivity index (χ3n) is 3.42. The Morgan fingerprint density at radius 1 is 1.41 bits per heavy atom. The summed E-state index contributed by atoms with van der Waals surface area (Å²) < 4.78 is 13.5. The Morgan fingerprint density at radius 3 is 2.65 bits per heavy atom. The van der Waals surface area contributed by atoms with E-state index < -0.39 is 5.95 Å². The van der Waals surface area contributed by atoms with Crippen LogP contribution in [0.5, 0.6) is 0 Å². The molecule has 2 heterocycles. The Balaban J connectivity index is 2.27. The molecule has 17 heavy (non-hydrogen) atoms. The highest BCUT2D eigenvalue weighted by molar-refractivity contribution is 5.94. The lowest BCUT2D eigenvalue weighted by Gasteiger charge is -2.39. The second-order valence-corrected chi connectivity index (χ2v) is 4.68. The van der Waals surface area contributed by atoms with E-state index in [1.807, 2.05) is 13.8 Å². The van der Waals surface area contributed by atoms with E-state index in [0.717, 1.165) is 19.3 Å². The molecule has 2 atom stereocenters. The number of pyridine rings is 1. The third kappa shape index (κ3) is 2.30. The van der Waals surface area contributed by atoms with Crippen LogP contribution in [0.15, 0.2) is 18.3 Å². The predicted molar refractivity (Wildman–Crippen MR) is 63.1 cm³/mol. The van der Waals surface area contributed by atoms with Crippen molar-refractivity contribution in [3.8, 4) is 0 Å². The van der Waals surface area contributed by atoms with Crippen LogP contribution in [-0.2, 0) is 0 Å². The Bertz CT molecular complexity index is 412. The molecule has 0 radical (unpaired) electrons. The number of piperidine rings is 1. The fourth-order valence-electron chi connectivity index (χ4n) is 2.51. The monoisotopic (exact) mass is 236 g/mol. The highest BCUT2D eigenvalue weighted by atomic mass is 19.1. The molecule has 1 aliphatic heterocycles.